The minimum atomic E-state index is -0.448. The summed E-state index contributed by atoms with van der Waals surface area (Å²) in [6.45, 7) is 2.16. The fourth-order valence-corrected chi connectivity index (χ4v) is 6.78. The van der Waals surface area contributed by atoms with Crippen molar-refractivity contribution in [1.82, 2.24) is 0 Å². The number of rotatable bonds is 4. The summed E-state index contributed by atoms with van der Waals surface area (Å²) < 4.78 is 2.17. The predicted octanol–water partition coefficient (Wildman–Crippen LogP) is 11.2. The van der Waals surface area contributed by atoms with Crippen LogP contribution >= 0.6 is 31.9 Å². The zero-order valence-electron chi connectivity index (χ0n) is 22.0. The molecular formula is C38H26Br2. The van der Waals surface area contributed by atoms with Crippen molar-refractivity contribution in [2.75, 3.05) is 0 Å². The van der Waals surface area contributed by atoms with Gasteiger partial charge in [0.25, 0.3) is 0 Å². The molecule has 2 heteroatoms. The lowest BCUT2D eigenvalue weighted by Crippen LogP contribution is -2.28. The summed E-state index contributed by atoms with van der Waals surface area (Å²) in [5, 5.41) is 0. The van der Waals surface area contributed by atoms with Gasteiger partial charge in [0.05, 0.1) is 5.41 Å². The van der Waals surface area contributed by atoms with Crippen LogP contribution in [-0.2, 0) is 5.41 Å². The molecular weight excluding hydrogens is 616 g/mol. The van der Waals surface area contributed by atoms with Crippen molar-refractivity contribution in [3.05, 3.63) is 176 Å². The smallest absolute Gasteiger partial charge is 0.0622 e. The van der Waals surface area contributed by atoms with Crippen molar-refractivity contribution in [2.24, 2.45) is 0 Å². The number of hydrogen-bond donors (Lipinski definition) is 0. The minimum Gasteiger partial charge on any atom is -0.0622 e. The Bertz CT molecular complexity index is 1740. The Hall–Kier alpha value is -3.72. The second-order valence-electron chi connectivity index (χ2n) is 10.5. The topological polar surface area (TPSA) is 0 Å². The highest BCUT2D eigenvalue weighted by molar-refractivity contribution is 9.10. The van der Waals surface area contributed by atoms with E-state index in [1.165, 1.54) is 61.2 Å². The van der Waals surface area contributed by atoms with Crippen LogP contribution < -0.4 is 0 Å². The molecule has 40 heavy (non-hydrogen) atoms. The van der Waals surface area contributed by atoms with Gasteiger partial charge in [-0.1, -0.05) is 141 Å². The molecule has 0 aliphatic heterocycles. The third-order valence-corrected chi connectivity index (χ3v) is 9.24. The molecule has 0 radical (unpaired) electrons. The third kappa shape index (κ3) is 4.10. The van der Waals surface area contributed by atoms with Crippen molar-refractivity contribution in [3.8, 4) is 33.4 Å². The van der Waals surface area contributed by atoms with Gasteiger partial charge in [0, 0.05) is 8.95 Å². The molecule has 0 fully saturated rings. The summed E-state index contributed by atoms with van der Waals surface area (Å²) >= 11 is 7.20. The van der Waals surface area contributed by atoms with Gasteiger partial charge in [0.1, 0.15) is 0 Å². The van der Waals surface area contributed by atoms with E-state index >= 15 is 0 Å². The molecule has 0 saturated heterocycles. The van der Waals surface area contributed by atoms with Gasteiger partial charge in [-0.2, -0.15) is 0 Å². The molecule has 0 heterocycles. The number of hydrogen-bond acceptors (Lipinski definition) is 0. The third-order valence-electron chi connectivity index (χ3n) is 8.18. The van der Waals surface area contributed by atoms with Gasteiger partial charge in [-0.25, -0.2) is 0 Å². The number of aryl methyl sites for hydroxylation is 1. The quantitative estimate of drug-likeness (QED) is 0.179. The molecule has 1 aliphatic rings. The molecule has 0 nitrogen and oxygen atoms in total. The van der Waals surface area contributed by atoms with E-state index in [1.54, 1.807) is 0 Å². The van der Waals surface area contributed by atoms with Gasteiger partial charge in [-0.05, 0) is 99.0 Å². The standard InChI is InChI=1S/C38H26Br2/c1-25-7-15-31(16-8-25)38(30-5-3-2-4-6-30)36-23-28(26-9-17-32(39)18-10-26)13-21-34(36)35-22-14-29(24-37(35)38)27-11-19-33(40)20-12-27/h2-24H,1H3. The summed E-state index contributed by atoms with van der Waals surface area (Å²) in [6.07, 6.45) is 0. The van der Waals surface area contributed by atoms with Crippen LogP contribution in [0.25, 0.3) is 33.4 Å². The fraction of sp³-hybridized carbons (Fsp3) is 0.0526. The number of halogens is 2. The highest BCUT2D eigenvalue weighted by atomic mass is 79.9. The van der Waals surface area contributed by atoms with Crippen LogP contribution in [0.4, 0.5) is 0 Å². The van der Waals surface area contributed by atoms with Crippen LogP contribution in [0.1, 0.15) is 27.8 Å². The average Bonchev–Trinajstić information content (AvgIpc) is 3.28. The lowest BCUT2D eigenvalue weighted by atomic mass is 9.67. The van der Waals surface area contributed by atoms with Crippen LogP contribution in [0.2, 0.25) is 0 Å². The van der Waals surface area contributed by atoms with Crippen molar-refractivity contribution in [2.45, 2.75) is 12.3 Å². The first kappa shape index (κ1) is 25.3. The van der Waals surface area contributed by atoms with Crippen molar-refractivity contribution in [1.29, 1.82) is 0 Å². The molecule has 0 saturated carbocycles. The highest BCUT2D eigenvalue weighted by Gasteiger charge is 2.46. The Morgan fingerprint density at radius 2 is 0.850 bits per heavy atom. The molecule has 0 aromatic heterocycles. The second-order valence-corrected chi connectivity index (χ2v) is 12.3. The molecule has 192 valence electrons. The van der Waals surface area contributed by atoms with Gasteiger partial charge < -0.3 is 0 Å². The van der Waals surface area contributed by atoms with Crippen LogP contribution in [-0.4, -0.2) is 0 Å². The molecule has 1 aliphatic carbocycles. The molecule has 0 bridgehead atoms. The zero-order valence-corrected chi connectivity index (χ0v) is 25.2. The van der Waals surface area contributed by atoms with Crippen LogP contribution in [0.5, 0.6) is 0 Å². The fourth-order valence-electron chi connectivity index (χ4n) is 6.25. The van der Waals surface area contributed by atoms with Crippen molar-refractivity contribution >= 4 is 31.9 Å². The van der Waals surface area contributed by atoms with E-state index in [1.807, 2.05) is 0 Å². The van der Waals surface area contributed by atoms with Gasteiger partial charge in [-0.15, -0.1) is 0 Å². The summed E-state index contributed by atoms with van der Waals surface area (Å²) in [5.74, 6) is 0. The lowest BCUT2D eigenvalue weighted by Gasteiger charge is -2.34. The van der Waals surface area contributed by atoms with Crippen LogP contribution in [0.3, 0.4) is 0 Å². The number of benzene rings is 6. The second kappa shape index (κ2) is 10.0. The molecule has 0 atom stereocenters. The Kier molecular flexibility index (Phi) is 6.34. The molecule has 0 unspecified atom stereocenters. The maximum atomic E-state index is 3.60. The van der Waals surface area contributed by atoms with Crippen molar-refractivity contribution < 1.29 is 0 Å². The Morgan fingerprint density at radius 3 is 1.32 bits per heavy atom. The molecule has 0 spiro atoms. The van der Waals surface area contributed by atoms with Gasteiger partial charge in [0.15, 0.2) is 0 Å². The monoisotopic (exact) mass is 640 g/mol. The summed E-state index contributed by atoms with van der Waals surface area (Å²) in [7, 11) is 0. The average molecular weight is 642 g/mol. The predicted molar refractivity (Wildman–Crippen MR) is 175 cm³/mol. The summed E-state index contributed by atoms with van der Waals surface area (Å²) in [6, 6.07) is 51.4. The Labute approximate surface area is 252 Å². The van der Waals surface area contributed by atoms with E-state index in [4.69, 9.17) is 0 Å². The van der Waals surface area contributed by atoms with Crippen LogP contribution in [0, 0.1) is 6.92 Å². The molecule has 0 N–H and O–H groups in total. The summed E-state index contributed by atoms with van der Waals surface area (Å²) in [5.41, 5.74) is 13.5. The van der Waals surface area contributed by atoms with Crippen LogP contribution in [0.15, 0.2) is 148 Å². The minimum absolute atomic E-state index is 0.448. The molecule has 7 rings (SSSR count). The first-order chi connectivity index (χ1) is 19.5. The molecule has 6 aromatic carbocycles. The van der Waals surface area contributed by atoms with Gasteiger partial charge >= 0.3 is 0 Å². The Balaban J connectivity index is 1.56. The largest absolute Gasteiger partial charge is 0.0714 e. The number of fused-ring (bicyclic) bond motifs is 3. The Morgan fingerprint density at radius 1 is 0.425 bits per heavy atom. The van der Waals surface area contributed by atoms with Gasteiger partial charge in [-0.3, -0.25) is 0 Å². The summed E-state index contributed by atoms with van der Waals surface area (Å²) in [4.78, 5) is 0. The normalized spacial score (nSPS) is 13.1. The van der Waals surface area contributed by atoms with E-state index < -0.39 is 5.41 Å². The SMILES string of the molecule is Cc1ccc(C2(c3ccccc3)c3cc(-c4ccc(Br)cc4)ccc3-c3ccc(-c4ccc(Br)cc4)cc32)cc1. The molecule has 0 amide bonds. The first-order valence-electron chi connectivity index (χ1n) is 13.5. The van der Waals surface area contributed by atoms with E-state index in [-0.39, 0.29) is 0 Å². The van der Waals surface area contributed by atoms with E-state index in [0.717, 1.165) is 8.95 Å². The van der Waals surface area contributed by atoms with E-state index in [2.05, 4.69) is 178 Å². The first-order valence-corrected chi connectivity index (χ1v) is 15.1. The maximum absolute atomic E-state index is 3.60. The van der Waals surface area contributed by atoms with E-state index in [0.29, 0.717) is 0 Å². The van der Waals surface area contributed by atoms with Gasteiger partial charge in [0.2, 0.25) is 0 Å². The molecule has 6 aromatic rings. The zero-order chi connectivity index (χ0) is 27.3. The lowest BCUT2D eigenvalue weighted by molar-refractivity contribution is 0.768. The van der Waals surface area contributed by atoms with Crippen molar-refractivity contribution in [3.63, 3.8) is 0 Å². The van der Waals surface area contributed by atoms with E-state index in [9.17, 15) is 0 Å². The highest BCUT2D eigenvalue weighted by Crippen LogP contribution is 2.57. The maximum Gasteiger partial charge on any atom is 0.0714 e.